The second-order valence-corrected chi connectivity index (χ2v) is 4.16. The maximum absolute atomic E-state index is 2.27. The highest BCUT2D eigenvalue weighted by molar-refractivity contribution is 5.81. The summed E-state index contributed by atoms with van der Waals surface area (Å²) in [5.41, 5.74) is 1.29. The Labute approximate surface area is 97.4 Å². The second kappa shape index (κ2) is 5.55. The Morgan fingerprint density at radius 3 is 2.88 bits per heavy atom. The molecule has 0 N–H and O–H groups in total. The van der Waals surface area contributed by atoms with Gasteiger partial charge in [0.2, 0.25) is 0 Å². The van der Waals surface area contributed by atoms with E-state index in [2.05, 4.69) is 60.3 Å². The molecular formula is C15H19N. The summed E-state index contributed by atoms with van der Waals surface area (Å²) in [6.07, 6.45) is 11.7. The third-order valence-corrected chi connectivity index (χ3v) is 2.87. The molecule has 0 saturated heterocycles. The predicted molar refractivity (Wildman–Crippen MR) is 71.4 cm³/mol. The minimum absolute atomic E-state index is 1.18. The molecule has 1 aromatic carbocycles. The summed E-state index contributed by atoms with van der Waals surface area (Å²) in [6, 6.07) is 10.6. The summed E-state index contributed by atoms with van der Waals surface area (Å²) in [5.74, 6) is 0. The Balaban J connectivity index is 2.04. The van der Waals surface area contributed by atoms with Crippen molar-refractivity contribution in [1.29, 1.82) is 0 Å². The lowest BCUT2D eigenvalue weighted by atomic mass is 10.2. The van der Waals surface area contributed by atoms with Gasteiger partial charge in [0.25, 0.3) is 0 Å². The molecule has 0 bridgehead atoms. The van der Waals surface area contributed by atoms with Crippen molar-refractivity contribution in [2.24, 2.45) is 0 Å². The molecule has 0 saturated carbocycles. The molecule has 0 amide bonds. The average Bonchev–Trinajstić information content (AvgIpc) is 2.73. The van der Waals surface area contributed by atoms with Crippen molar-refractivity contribution >= 4 is 17.1 Å². The third kappa shape index (κ3) is 2.54. The highest BCUT2D eigenvalue weighted by atomic mass is 14.9. The number of hydrogen-bond acceptors (Lipinski definition) is 0. The van der Waals surface area contributed by atoms with Crippen LogP contribution in [0.2, 0.25) is 0 Å². The van der Waals surface area contributed by atoms with Crippen molar-refractivity contribution in [3.63, 3.8) is 0 Å². The first-order valence-corrected chi connectivity index (χ1v) is 6.14. The second-order valence-electron chi connectivity index (χ2n) is 4.16. The Bertz CT molecular complexity index is 465. The molecule has 1 aromatic heterocycles. The minimum atomic E-state index is 1.18. The summed E-state index contributed by atoms with van der Waals surface area (Å²) in [5, 5.41) is 1.31. The van der Waals surface area contributed by atoms with Crippen molar-refractivity contribution < 1.29 is 0 Å². The monoisotopic (exact) mass is 213 g/mol. The molecule has 0 unspecified atom stereocenters. The van der Waals surface area contributed by atoms with E-state index >= 15 is 0 Å². The number of nitrogens with zero attached hydrogens (tertiary/aromatic N) is 1. The van der Waals surface area contributed by atoms with Crippen LogP contribution < -0.4 is 0 Å². The summed E-state index contributed by atoms with van der Waals surface area (Å²) >= 11 is 0. The molecule has 0 fully saturated rings. The Morgan fingerprint density at radius 1 is 1.12 bits per heavy atom. The number of benzene rings is 1. The van der Waals surface area contributed by atoms with Crippen LogP contribution in [-0.2, 0) is 0 Å². The lowest BCUT2D eigenvalue weighted by molar-refractivity contribution is 0.729. The summed E-state index contributed by atoms with van der Waals surface area (Å²) in [6.45, 7) is 2.24. The zero-order valence-corrected chi connectivity index (χ0v) is 9.89. The molecule has 0 aliphatic carbocycles. The first-order chi connectivity index (χ1) is 7.92. The zero-order valence-electron chi connectivity index (χ0n) is 9.89. The van der Waals surface area contributed by atoms with Gasteiger partial charge in [0, 0.05) is 12.4 Å². The fraction of sp³-hybridized carbons (Fsp3) is 0.333. The van der Waals surface area contributed by atoms with Crippen LogP contribution in [0.4, 0.5) is 0 Å². The Hall–Kier alpha value is -1.50. The van der Waals surface area contributed by atoms with E-state index in [1.807, 2.05) is 0 Å². The number of rotatable bonds is 5. The summed E-state index contributed by atoms with van der Waals surface area (Å²) in [7, 11) is 0. The van der Waals surface area contributed by atoms with Crippen molar-refractivity contribution in [1.82, 2.24) is 4.57 Å². The molecule has 16 heavy (non-hydrogen) atoms. The largest absolute Gasteiger partial charge is 0.324 e. The number of unbranched alkanes of at least 4 members (excludes halogenated alkanes) is 3. The van der Waals surface area contributed by atoms with Gasteiger partial charge in [0.1, 0.15) is 0 Å². The zero-order chi connectivity index (χ0) is 11.2. The van der Waals surface area contributed by atoms with Crippen molar-refractivity contribution in [2.75, 3.05) is 0 Å². The minimum Gasteiger partial charge on any atom is -0.324 e. The van der Waals surface area contributed by atoms with E-state index in [9.17, 15) is 0 Å². The van der Waals surface area contributed by atoms with Gasteiger partial charge in [-0.25, -0.2) is 0 Å². The van der Waals surface area contributed by atoms with Crippen LogP contribution in [0.3, 0.4) is 0 Å². The van der Waals surface area contributed by atoms with Crippen LogP contribution in [0.15, 0.2) is 42.6 Å². The van der Waals surface area contributed by atoms with E-state index in [-0.39, 0.29) is 0 Å². The Morgan fingerprint density at radius 2 is 2.00 bits per heavy atom. The van der Waals surface area contributed by atoms with Crippen LogP contribution in [0, 0.1) is 0 Å². The molecule has 1 heterocycles. The molecule has 0 aliphatic rings. The molecule has 1 nitrogen and oxygen atoms in total. The first-order valence-electron chi connectivity index (χ1n) is 6.14. The van der Waals surface area contributed by atoms with Gasteiger partial charge in [-0.05, 0) is 30.4 Å². The van der Waals surface area contributed by atoms with E-state index < -0.39 is 0 Å². The maximum Gasteiger partial charge on any atom is 0.0522 e. The van der Waals surface area contributed by atoms with Gasteiger partial charge in [-0.3, -0.25) is 0 Å². The van der Waals surface area contributed by atoms with Crippen molar-refractivity contribution in [3.8, 4) is 0 Å². The van der Waals surface area contributed by atoms with Crippen LogP contribution in [0.25, 0.3) is 17.1 Å². The Kier molecular flexibility index (Phi) is 3.81. The molecule has 0 radical (unpaired) electrons. The molecule has 2 rings (SSSR count). The van der Waals surface area contributed by atoms with Crippen LogP contribution >= 0.6 is 0 Å². The molecule has 2 aromatic rings. The van der Waals surface area contributed by atoms with E-state index in [0.29, 0.717) is 0 Å². The number of aromatic nitrogens is 1. The SMILES string of the molecule is CCCCCC=Cn1ccc2ccccc21. The highest BCUT2D eigenvalue weighted by Gasteiger charge is 1.95. The number of allylic oxidation sites excluding steroid dienone is 1. The molecule has 84 valence electrons. The summed E-state index contributed by atoms with van der Waals surface area (Å²) < 4.78 is 2.20. The smallest absolute Gasteiger partial charge is 0.0522 e. The lowest BCUT2D eigenvalue weighted by Gasteiger charge is -1.97. The fourth-order valence-corrected chi connectivity index (χ4v) is 1.93. The predicted octanol–water partition coefficient (Wildman–Crippen LogP) is 4.69. The quantitative estimate of drug-likeness (QED) is 0.635. The molecule has 0 aliphatic heterocycles. The summed E-state index contributed by atoms with van der Waals surface area (Å²) in [4.78, 5) is 0. The number of para-hydroxylation sites is 1. The number of fused-ring (bicyclic) bond motifs is 1. The number of hydrogen-bond donors (Lipinski definition) is 0. The van der Waals surface area contributed by atoms with Gasteiger partial charge in [-0.15, -0.1) is 0 Å². The van der Waals surface area contributed by atoms with Gasteiger partial charge in [0.05, 0.1) is 5.52 Å². The highest BCUT2D eigenvalue weighted by Crippen LogP contribution is 2.15. The topological polar surface area (TPSA) is 4.93 Å². The van der Waals surface area contributed by atoms with Gasteiger partial charge in [0.15, 0.2) is 0 Å². The van der Waals surface area contributed by atoms with Gasteiger partial charge in [-0.1, -0.05) is 44.0 Å². The van der Waals surface area contributed by atoms with Crippen LogP contribution in [-0.4, -0.2) is 4.57 Å². The van der Waals surface area contributed by atoms with Crippen molar-refractivity contribution in [3.05, 3.63) is 42.6 Å². The van der Waals surface area contributed by atoms with Gasteiger partial charge < -0.3 is 4.57 Å². The standard InChI is InChI=1S/C15H19N/c1-2-3-4-5-8-12-16-13-11-14-9-6-7-10-15(14)16/h6-13H,2-5H2,1H3. The molecule has 0 spiro atoms. The van der Waals surface area contributed by atoms with E-state index in [4.69, 9.17) is 0 Å². The van der Waals surface area contributed by atoms with E-state index in [1.165, 1.54) is 36.6 Å². The normalized spacial score (nSPS) is 11.6. The lowest BCUT2D eigenvalue weighted by Crippen LogP contribution is -1.82. The van der Waals surface area contributed by atoms with Gasteiger partial charge in [-0.2, -0.15) is 0 Å². The molecule has 1 heteroatoms. The molecule has 0 atom stereocenters. The van der Waals surface area contributed by atoms with Crippen molar-refractivity contribution in [2.45, 2.75) is 32.6 Å². The first kappa shape index (κ1) is 11.0. The maximum atomic E-state index is 2.27. The van der Waals surface area contributed by atoms with E-state index in [1.54, 1.807) is 0 Å². The van der Waals surface area contributed by atoms with Gasteiger partial charge >= 0.3 is 0 Å². The van der Waals surface area contributed by atoms with Crippen LogP contribution in [0.5, 0.6) is 0 Å². The van der Waals surface area contributed by atoms with E-state index in [0.717, 1.165) is 0 Å². The fourth-order valence-electron chi connectivity index (χ4n) is 1.93. The van der Waals surface area contributed by atoms with Crippen LogP contribution in [0.1, 0.15) is 32.6 Å². The molecular weight excluding hydrogens is 194 g/mol. The average molecular weight is 213 g/mol. The third-order valence-electron chi connectivity index (χ3n) is 2.87.